The molecule has 0 aliphatic heterocycles. The summed E-state index contributed by atoms with van der Waals surface area (Å²) in [5.74, 6) is -0.102. The normalized spacial score (nSPS) is 8.20. The van der Waals surface area contributed by atoms with Crippen LogP contribution in [-0.4, -0.2) is 54.0 Å². The maximum absolute atomic E-state index is 9.74. The molecule has 0 heterocycles. The van der Waals surface area contributed by atoms with Crippen LogP contribution in [0.3, 0.4) is 0 Å². The van der Waals surface area contributed by atoms with Gasteiger partial charge in [0.2, 0.25) is 0 Å². The van der Waals surface area contributed by atoms with Crippen LogP contribution in [0.2, 0.25) is 0 Å². The van der Waals surface area contributed by atoms with Crippen molar-refractivity contribution in [3.63, 3.8) is 0 Å². The van der Waals surface area contributed by atoms with E-state index in [2.05, 4.69) is 12.6 Å². The van der Waals surface area contributed by atoms with Gasteiger partial charge < -0.3 is 0 Å². The van der Waals surface area contributed by atoms with Crippen molar-refractivity contribution < 1.29 is 13.0 Å². The molecule has 62 valence electrons. The Balaban J connectivity index is -0.0000000600. The summed E-state index contributed by atoms with van der Waals surface area (Å²) in [7, 11) is -3.75. The van der Waals surface area contributed by atoms with E-state index >= 15 is 0 Å². The quantitative estimate of drug-likeness (QED) is 0.380. The van der Waals surface area contributed by atoms with Gasteiger partial charge in [-0.1, -0.05) is 0 Å². The molecule has 0 bridgehead atoms. The third-order valence-corrected chi connectivity index (χ3v) is 1.60. The summed E-state index contributed by atoms with van der Waals surface area (Å²) in [4.78, 5) is 0. The van der Waals surface area contributed by atoms with Gasteiger partial charge in [-0.05, 0) is 0 Å². The molecule has 3 nitrogen and oxygen atoms in total. The van der Waals surface area contributed by atoms with E-state index in [1.54, 1.807) is 0 Å². The zero-order chi connectivity index (χ0) is 5.91. The topological polar surface area (TPSA) is 54.4 Å². The molecule has 0 saturated heterocycles. The minimum atomic E-state index is -3.75. The van der Waals surface area contributed by atoms with Crippen molar-refractivity contribution in [2.24, 2.45) is 0 Å². The van der Waals surface area contributed by atoms with Gasteiger partial charge in [-0.25, -0.2) is 0 Å². The predicted octanol–water partition coefficient (Wildman–Crippen LogP) is -0.619. The van der Waals surface area contributed by atoms with Gasteiger partial charge in [-0.15, -0.1) is 0 Å². The van der Waals surface area contributed by atoms with Gasteiger partial charge in [-0.3, -0.25) is 4.55 Å². The molecule has 0 saturated carbocycles. The fraction of sp³-hybridized carbons (Fsp3) is 1.00. The Morgan fingerprint density at radius 2 is 1.60 bits per heavy atom. The second kappa shape index (κ2) is 11.0. The molecule has 0 atom stereocenters. The van der Waals surface area contributed by atoms with E-state index in [0.29, 0.717) is 0 Å². The molecule has 0 fully saturated rings. The first-order chi connectivity index (χ1) is 3.06. The third kappa shape index (κ3) is 22.5. The summed E-state index contributed by atoms with van der Waals surface area (Å²) in [5, 5.41) is 0. The molecule has 0 unspecified atom stereocenters. The summed E-state index contributed by atoms with van der Waals surface area (Å²) >= 11 is 3.57. The van der Waals surface area contributed by atoms with Gasteiger partial charge >= 0.3 is 29.6 Å². The van der Waals surface area contributed by atoms with Crippen LogP contribution in [0.5, 0.6) is 0 Å². The van der Waals surface area contributed by atoms with Crippen molar-refractivity contribution in [1.82, 2.24) is 0 Å². The molecule has 0 spiro atoms. The molecule has 10 heavy (non-hydrogen) atoms. The summed E-state index contributed by atoms with van der Waals surface area (Å²) in [5.41, 5.74) is 0. The first-order valence-electron chi connectivity index (χ1n) is 1.62. The molecule has 0 amide bonds. The van der Waals surface area contributed by atoms with Crippen LogP contribution in [-0.2, 0) is 10.1 Å². The summed E-state index contributed by atoms with van der Waals surface area (Å²) in [6, 6.07) is 0. The van der Waals surface area contributed by atoms with Crippen molar-refractivity contribution in [2.45, 2.75) is 0 Å². The molecule has 0 rings (SSSR count). The average molecular weight is 234 g/mol. The van der Waals surface area contributed by atoms with Crippen LogP contribution in [0.4, 0.5) is 0 Å². The molecule has 0 aliphatic carbocycles. The molecule has 0 aromatic heterocycles. The van der Waals surface area contributed by atoms with Crippen LogP contribution < -0.4 is 0 Å². The zero-order valence-electron chi connectivity index (χ0n) is 4.53. The molecule has 0 aromatic carbocycles. The van der Waals surface area contributed by atoms with E-state index in [-0.39, 0.29) is 68.1 Å². The van der Waals surface area contributed by atoms with Crippen molar-refractivity contribution in [3.05, 3.63) is 0 Å². The monoisotopic (exact) mass is 234 g/mol. The van der Waals surface area contributed by atoms with E-state index in [0.717, 1.165) is 0 Å². The van der Waals surface area contributed by atoms with E-state index in [1.165, 1.54) is 0 Å². The second-order valence-electron chi connectivity index (χ2n) is 1.01. The van der Waals surface area contributed by atoms with Crippen molar-refractivity contribution in [2.75, 3.05) is 11.5 Å². The first kappa shape index (κ1) is 22.7. The Morgan fingerprint density at radius 1 is 1.30 bits per heavy atom. The van der Waals surface area contributed by atoms with E-state index < -0.39 is 10.1 Å². The Kier molecular flexibility index (Phi) is 24.9. The fourth-order valence-electron chi connectivity index (χ4n) is 0.115. The van der Waals surface area contributed by atoms with Crippen LogP contribution in [0, 0.1) is 0 Å². The average Bonchev–Trinajstić information content (AvgIpc) is 1.30. The van der Waals surface area contributed by atoms with E-state index in [1.807, 2.05) is 0 Å². The first-order valence-corrected chi connectivity index (χ1v) is 3.86. The number of hydrogen-bond acceptors (Lipinski definition) is 3. The van der Waals surface area contributed by atoms with Gasteiger partial charge in [0.15, 0.2) is 0 Å². The van der Waals surface area contributed by atoms with Gasteiger partial charge in [0.05, 0.1) is 5.75 Å². The molecular formula is C2H11NaO3S4. The van der Waals surface area contributed by atoms with Crippen LogP contribution in [0.15, 0.2) is 0 Å². The predicted molar refractivity (Wildman–Crippen MR) is 58.2 cm³/mol. The zero-order valence-corrected chi connectivity index (χ0v) is 8.24. The Hall–Kier alpha value is 1.96. The standard InChI is InChI=1S/C2H6O3S2.Na.2H2S.H/c3-7(4,5)2-1-6;;;;/h6H,1-2H2,(H,3,4,5);;2*1H2;. The number of rotatable bonds is 2. The molecular weight excluding hydrogens is 223 g/mol. The molecule has 0 aromatic rings. The molecule has 1 N–H and O–H groups in total. The van der Waals surface area contributed by atoms with Crippen molar-refractivity contribution in [1.29, 1.82) is 0 Å². The van der Waals surface area contributed by atoms with Crippen molar-refractivity contribution >= 4 is 79.3 Å². The minimum absolute atomic E-state index is 0. The summed E-state index contributed by atoms with van der Waals surface area (Å²) in [6.07, 6.45) is 0. The fourth-order valence-corrected chi connectivity index (χ4v) is 1.04. The number of thiol groups is 1. The third-order valence-electron chi connectivity index (χ3n) is 0.349. The van der Waals surface area contributed by atoms with Gasteiger partial charge in [0.1, 0.15) is 0 Å². The molecule has 0 radical (unpaired) electrons. The summed E-state index contributed by atoms with van der Waals surface area (Å²) < 4.78 is 27.4. The SMILES string of the molecule is O=S(=O)(O)CCS.S.S.[NaH]. The second-order valence-corrected chi connectivity index (χ2v) is 3.03. The van der Waals surface area contributed by atoms with E-state index in [9.17, 15) is 8.42 Å². The molecule has 0 aliphatic rings. The maximum atomic E-state index is 9.74. The van der Waals surface area contributed by atoms with Gasteiger partial charge in [-0.2, -0.15) is 48.0 Å². The van der Waals surface area contributed by atoms with Crippen LogP contribution in [0.1, 0.15) is 0 Å². The summed E-state index contributed by atoms with van der Waals surface area (Å²) in [6.45, 7) is 0. The van der Waals surface area contributed by atoms with Gasteiger partial charge in [0.25, 0.3) is 10.1 Å². The Labute approximate surface area is 103 Å². The van der Waals surface area contributed by atoms with Crippen molar-refractivity contribution in [3.8, 4) is 0 Å². The van der Waals surface area contributed by atoms with Crippen LogP contribution >= 0.6 is 39.6 Å². The Morgan fingerprint density at radius 3 is 1.60 bits per heavy atom. The van der Waals surface area contributed by atoms with E-state index in [4.69, 9.17) is 4.55 Å². The Bertz CT molecular complexity index is 131. The number of hydrogen-bond donors (Lipinski definition) is 2. The molecule has 8 heteroatoms. The van der Waals surface area contributed by atoms with Gasteiger partial charge in [0, 0.05) is 5.75 Å². The van der Waals surface area contributed by atoms with Crippen LogP contribution in [0.25, 0.3) is 0 Å².